The number of carbonyl (C=O) groups excluding carboxylic acids is 1. The molecule has 0 bridgehead atoms. The van der Waals surface area contributed by atoms with Crippen molar-refractivity contribution in [3.05, 3.63) is 69.7 Å². The van der Waals surface area contributed by atoms with Crippen LogP contribution in [-0.4, -0.2) is 66.0 Å². The highest BCUT2D eigenvalue weighted by Gasteiger charge is 2.30. The van der Waals surface area contributed by atoms with Gasteiger partial charge in [0.1, 0.15) is 29.5 Å². The monoisotopic (exact) mass is 613 g/mol. The number of aliphatic hydroxyl groups excluding tert-OH is 1. The van der Waals surface area contributed by atoms with E-state index in [-0.39, 0.29) is 28.3 Å². The number of rotatable bonds is 10. The maximum absolute atomic E-state index is 14.0. The van der Waals surface area contributed by atoms with E-state index < -0.39 is 47.9 Å². The Morgan fingerprint density at radius 1 is 1.26 bits per heavy atom. The molecule has 1 amide bonds. The summed E-state index contributed by atoms with van der Waals surface area (Å²) in [4.78, 5) is 46.5. The van der Waals surface area contributed by atoms with Crippen LogP contribution in [0.3, 0.4) is 0 Å². The van der Waals surface area contributed by atoms with Crippen molar-refractivity contribution in [2.45, 2.75) is 44.3 Å². The summed E-state index contributed by atoms with van der Waals surface area (Å²) in [7, 11) is 1.37. The number of benzene rings is 1. The molecule has 0 aliphatic heterocycles. The van der Waals surface area contributed by atoms with Gasteiger partial charge in [-0.15, -0.1) is 0 Å². The molecule has 13 nitrogen and oxygen atoms in total. The van der Waals surface area contributed by atoms with E-state index in [1.807, 2.05) is 0 Å². The third-order valence-corrected chi connectivity index (χ3v) is 7.79. The molecular formula is C28H29ClFN7O6. The lowest BCUT2D eigenvalue weighted by atomic mass is 10.1. The number of hydrogen-bond donors (Lipinski definition) is 4. The first-order valence-electron chi connectivity index (χ1n) is 13.5. The van der Waals surface area contributed by atoms with E-state index in [1.165, 1.54) is 49.3 Å². The van der Waals surface area contributed by atoms with E-state index in [4.69, 9.17) is 16.3 Å². The molecule has 226 valence electrons. The molecule has 5 rings (SSSR count). The first-order valence-corrected chi connectivity index (χ1v) is 13.8. The number of ether oxygens (including phenoxy) is 1. The molecule has 0 saturated heterocycles. The lowest BCUT2D eigenvalue weighted by Gasteiger charge is -2.21. The van der Waals surface area contributed by atoms with Gasteiger partial charge in [0.25, 0.3) is 5.56 Å². The van der Waals surface area contributed by atoms with Crippen LogP contribution in [0.5, 0.6) is 5.75 Å². The Balaban J connectivity index is 1.37. The lowest BCUT2D eigenvalue weighted by molar-refractivity contribution is -0.141. The van der Waals surface area contributed by atoms with Crippen LogP contribution in [0.1, 0.15) is 43.8 Å². The van der Waals surface area contributed by atoms with Gasteiger partial charge in [-0.25, -0.2) is 18.9 Å². The van der Waals surface area contributed by atoms with Crippen molar-refractivity contribution in [2.24, 2.45) is 5.92 Å². The maximum atomic E-state index is 14.0. The summed E-state index contributed by atoms with van der Waals surface area (Å²) in [6.45, 7) is 0.979. The number of halogens is 2. The predicted molar refractivity (Wildman–Crippen MR) is 154 cm³/mol. The van der Waals surface area contributed by atoms with Crippen LogP contribution in [0.15, 0.2) is 47.8 Å². The topological polar surface area (TPSA) is 173 Å². The van der Waals surface area contributed by atoms with Gasteiger partial charge in [0.15, 0.2) is 0 Å². The first kappa shape index (κ1) is 29.9. The minimum absolute atomic E-state index is 0.0990. The second kappa shape index (κ2) is 12.4. The highest BCUT2D eigenvalue weighted by molar-refractivity contribution is 6.32. The van der Waals surface area contributed by atoms with Gasteiger partial charge in [-0.05, 0) is 49.9 Å². The number of carbonyl (C=O) groups is 2. The number of fused-ring (bicyclic) bond motifs is 1. The molecule has 0 radical (unpaired) electrons. The summed E-state index contributed by atoms with van der Waals surface area (Å²) in [5.74, 6) is -1.94. The molecule has 3 heterocycles. The van der Waals surface area contributed by atoms with E-state index in [0.29, 0.717) is 36.1 Å². The number of anilines is 1. The molecule has 4 N–H and O–H groups in total. The molecule has 43 heavy (non-hydrogen) atoms. The smallest absolute Gasteiger partial charge is 0.306 e. The summed E-state index contributed by atoms with van der Waals surface area (Å²) in [5.41, 5.74) is 0.735. The maximum Gasteiger partial charge on any atom is 0.306 e. The molecular weight excluding hydrogens is 585 g/mol. The Labute approximate surface area is 249 Å². The molecule has 1 fully saturated rings. The van der Waals surface area contributed by atoms with Gasteiger partial charge in [-0.2, -0.15) is 5.10 Å². The fraction of sp³-hybridized carbons (Fsp3) is 0.357. The third kappa shape index (κ3) is 6.29. The zero-order valence-electron chi connectivity index (χ0n) is 23.2. The SMILES string of the molecule is COc1cc(F)cc(C(CO)NC(=O)C(C)n2cnn3cc(-c4nc(N[C@H]5CC[C@@H](C(=O)O)C5)ncc4Cl)cc3c2=O)c1. The number of carboxylic acids is 1. The number of methoxy groups -OCH3 is 1. The van der Waals surface area contributed by atoms with Crippen LogP contribution in [0.2, 0.25) is 5.02 Å². The van der Waals surface area contributed by atoms with Gasteiger partial charge in [0, 0.05) is 23.9 Å². The second-order valence-corrected chi connectivity index (χ2v) is 10.7. The van der Waals surface area contributed by atoms with Gasteiger partial charge in [0.2, 0.25) is 11.9 Å². The summed E-state index contributed by atoms with van der Waals surface area (Å²) < 4.78 is 21.6. The molecule has 3 aromatic heterocycles. The van der Waals surface area contributed by atoms with Crippen LogP contribution in [0.25, 0.3) is 16.8 Å². The van der Waals surface area contributed by atoms with Gasteiger partial charge in [0.05, 0.1) is 42.6 Å². The number of nitrogens with one attached hydrogen (secondary N) is 2. The van der Waals surface area contributed by atoms with Crippen molar-refractivity contribution in [3.63, 3.8) is 0 Å². The molecule has 1 aliphatic rings. The van der Waals surface area contributed by atoms with E-state index in [9.17, 15) is 29.0 Å². The number of aliphatic carboxylic acids is 1. The zero-order chi connectivity index (χ0) is 30.8. The molecule has 1 saturated carbocycles. The molecule has 4 aromatic rings. The highest BCUT2D eigenvalue weighted by Crippen LogP contribution is 2.30. The first-order chi connectivity index (χ1) is 20.6. The number of nitrogens with zero attached hydrogens (tertiary/aromatic N) is 5. The van der Waals surface area contributed by atoms with Crippen molar-refractivity contribution < 1.29 is 28.9 Å². The van der Waals surface area contributed by atoms with Crippen LogP contribution in [-0.2, 0) is 9.59 Å². The molecule has 15 heteroatoms. The zero-order valence-corrected chi connectivity index (χ0v) is 24.0. The Bertz CT molecular complexity index is 1740. The van der Waals surface area contributed by atoms with Crippen molar-refractivity contribution in [3.8, 4) is 17.0 Å². The quantitative estimate of drug-likeness (QED) is 0.208. The van der Waals surface area contributed by atoms with E-state index in [2.05, 4.69) is 25.7 Å². The van der Waals surface area contributed by atoms with Crippen molar-refractivity contribution in [2.75, 3.05) is 19.0 Å². The van der Waals surface area contributed by atoms with E-state index >= 15 is 0 Å². The number of hydrogen-bond acceptors (Lipinski definition) is 9. The summed E-state index contributed by atoms with van der Waals surface area (Å²) >= 11 is 6.40. The average Bonchev–Trinajstić information content (AvgIpc) is 3.64. The molecule has 1 aliphatic carbocycles. The predicted octanol–water partition coefficient (Wildman–Crippen LogP) is 2.83. The van der Waals surface area contributed by atoms with Gasteiger partial charge < -0.3 is 25.6 Å². The second-order valence-electron chi connectivity index (χ2n) is 10.3. The van der Waals surface area contributed by atoms with Crippen LogP contribution in [0, 0.1) is 11.7 Å². The minimum Gasteiger partial charge on any atom is -0.497 e. The fourth-order valence-corrected chi connectivity index (χ4v) is 5.32. The largest absolute Gasteiger partial charge is 0.497 e. The van der Waals surface area contributed by atoms with Crippen molar-refractivity contribution >= 4 is 34.9 Å². The summed E-state index contributed by atoms with van der Waals surface area (Å²) in [5, 5.41) is 29.5. The summed E-state index contributed by atoms with van der Waals surface area (Å²) in [6, 6.07) is 3.30. The van der Waals surface area contributed by atoms with Gasteiger partial charge >= 0.3 is 5.97 Å². The van der Waals surface area contributed by atoms with Crippen LogP contribution >= 0.6 is 11.6 Å². The molecule has 1 aromatic carbocycles. The lowest BCUT2D eigenvalue weighted by Crippen LogP contribution is -2.39. The Kier molecular flexibility index (Phi) is 8.59. The third-order valence-electron chi connectivity index (χ3n) is 7.51. The number of aliphatic hydroxyl groups is 1. The van der Waals surface area contributed by atoms with Gasteiger partial charge in [-0.1, -0.05) is 11.6 Å². The van der Waals surface area contributed by atoms with Crippen LogP contribution in [0.4, 0.5) is 10.3 Å². The van der Waals surface area contributed by atoms with Crippen molar-refractivity contribution in [1.29, 1.82) is 0 Å². The van der Waals surface area contributed by atoms with Crippen molar-refractivity contribution in [1.82, 2.24) is 29.5 Å². The van der Waals surface area contributed by atoms with Gasteiger partial charge in [-0.3, -0.25) is 19.0 Å². The fourth-order valence-electron chi connectivity index (χ4n) is 5.12. The Morgan fingerprint density at radius 3 is 2.74 bits per heavy atom. The average molecular weight is 614 g/mol. The number of amides is 1. The van der Waals surface area contributed by atoms with Crippen LogP contribution < -0.4 is 20.9 Å². The Hall–Kier alpha value is -4.56. The summed E-state index contributed by atoms with van der Waals surface area (Å²) in [6.07, 6.45) is 5.89. The van der Waals surface area contributed by atoms with E-state index in [1.54, 1.807) is 12.3 Å². The number of carboxylic acid groups (broad SMARTS) is 1. The normalized spacial score (nSPS) is 17.9. The standard InChI is InChI=1S/C28H29ClFN7O6/c1-14(25(39)34-22(12-38)16-5-18(30)9-20(7-16)43-2)36-13-32-37-11-17(8-23(37)26(36)40)24-21(29)10-31-28(35-24)33-19-4-3-15(6-19)27(41)42/h5,7-11,13-15,19,22,38H,3-4,6,12H2,1-2H3,(H,34,39)(H,41,42)(H,31,33,35)/t14?,15-,19+,22?/m1/s1. The van der Waals surface area contributed by atoms with E-state index in [0.717, 1.165) is 4.57 Å². The Morgan fingerprint density at radius 2 is 2.05 bits per heavy atom. The molecule has 0 spiro atoms. The molecule has 2 unspecified atom stereocenters. The number of aromatic nitrogens is 5. The molecule has 4 atom stereocenters. The minimum atomic E-state index is -1.03. The highest BCUT2D eigenvalue weighted by atomic mass is 35.5.